The Hall–Kier alpha value is -8.80. The van der Waals surface area contributed by atoms with Gasteiger partial charge < -0.3 is 4.42 Å². The topological polar surface area (TPSA) is 39.8 Å². The molecule has 13 rings (SSSR count). The third-order valence-corrected chi connectivity index (χ3v) is 13.8. The predicted molar refractivity (Wildman–Crippen MR) is 283 cm³/mol. The molecule has 0 fully saturated rings. The van der Waals surface area contributed by atoms with Crippen LogP contribution in [0, 0.1) is 6.33 Å². The Morgan fingerprint density at radius 2 is 1.12 bits per heavy atom. The van der Waals surface area contributed by atoms with Crippen LogP contribution in [-0.2, 0) is 5.41 Å². The smallest absolute Gasteiger partial charge is 0.269 e. The maximum Gasteiger partial charge on any atom is 0.269 e. The summed E-state index contributed by atoms with van der Waals surface area (Å²) in [6.07, 6.45) is 5.83. The first-order chi connectivity index (χ1) is 33.9. The summed E-state index contributed by atoms with van der Waals surface area (Å²) in [5, 5.41) is 4.53. The normalized spacial score (nSPS) is 12.0. The Morgan fingerprint density at radius 1 is 0.478 bits per heavy atom. The number of hydrogen-bond acceptors (Lipinski definition) is 2. The van der Waals surface area contributed by atoms with Gasteiger partial charge >= 0.3 is 0 Å². The van der Waals surface area contributed by atoms with E-state index in [9.17, 15) is 0 Å². The van der Waals surface area contributed by atoms with Crippen LogP contribution < -0.4 is 4.57 Å². The molecule has 0 aliphatic carbocycles. The van der Waals surface area contributed by atoms with E-state index < -0.39 is 0 Å². The van der Waals surface area contributed by atoms with Crippen molar-refractivity contribution in [2.24, 2.45) is 0 Å². The van der Waals surface area contributed by atoms with E-state index in [1.54, 1.807) is 0 Å². The van der Waals surface area contributed by atoms with Crippen molar-refractivity contribution < 1.29 is 8.98 Å². The molecule has 0 N–H and O–H groups in total. The molecule has 69 heavy (non-hydrogen) atoms. The van der Waals surface area contributed by atoms with Crippen molar-refractivity contribution in [2.75, 3.05) is 0 Å². The van der Waals surface area contributed by atoms with Crippen molar-refractivity contribution >= 4 is 54.8 Å². The van der Waals surface area contributed by atoms with Crippen LogP contribution in [0.3, 0.4) is 0 Å². The quantitative estimate of drug-likeness (QED) is 0.118. The summed E-state index contributed by atoms with van der Waals surface area (Å²) in [6.45, 7) is 6.76. The lowest BCUT2D eigenvalue weighted by Crippen LogP contribution is -2.31. The van der Waals surface area contributed by atoms with E-state index in [0.29, 0.717) is 0 Å². The van der Waals surface area contributed by atoms with Crippen LogP contribution in [0.15, 0.2) is 229 Å². The molecule has 0 unspecified atom stereocenters. The van der Waals surface area contributed by atoms with Crippen molar-refractivity contribution in [1.82, 2.24) is 14.1 Å². The average molecular weight is 887 g/mol. The molecule has 0 amide bonds. The zero-order valence-corrected chi connectivity index (χ0v) is 38.6. The highest BCUT2D eigenvalue weighted by atomic mass is 16.3. The van der Waals surface area contributed by atoms with Crippen LogP contribution in [0.1, 0.15) is 26.3 Å². The summed E-state index contributed by atoms with van der Waals surface area (Å²) < 4.78 is 13.7. The number of aromatic nitrogens is 4. The largest absolute Gasteiger partial charge is 0.455 e. The van der Waals surface area contributed by atoms with E-state index in [-0.39, 0.29) is 5.41 Å². The third-order valence-electron chi connectivity index (χ3n) is 13.8. The Morgan fingerprint density at radius 3 is 1.88 bits per heavy atom. The zero-order chi connectivity index (χ0) is 46.2. The summed E-state index contributed by atoms with van der Waals surface area (Å²) >= 11 is 0. The van der Waals surface area contributed by atoms with Gasteiger partial charge in [-0.05, 0) is 98.5 Å². The minimum atomic E-state index is -0.0370. The first kappa shape index (κ1) is 40.5. The monoisotopic (exact) mass is 886 g/mol. The Kier molecular flexibility index (Phi) is 9.34. The lowest BCUT2D eigenvalue weighted by Gasteiger charge is -2.20. The number of benzene rings is 9. The summed E-state index contributed by atoms with van der Waals surface area (Å²) in [7, 11) is 0. The van der Waals surface area contributed by atoms with E-state index >= 15 is 0 Å². The molecule has 328 valence electrons. The first-order valence-corrected chi connectivity index (χ1v) is 23.6. The highest BCUT2D eigenvalue weighted by Gasteiger charge is 2.24. The number of fused-ring (bicyclic) bond motifs is 7. The van der Waals surface area contributed by atoms with Crippen molar-refractivity contribution in [2.45, 2.75) is 26.2 Å². The number of rotatable bonds is 7. The van der Waals surface area contributed by atoms with Crippen molar-refractivity contribution in [3.8, 4) is 61.7 Å². The van der Waals surface area contributed by atoms with Gasteiger partial charge in [-0.15, -0.1) is 0 Å². The number of pyridine rings is 1. The second-order valence-electron chi connectivity index (χ2n) is 18.9. The van der Waals surface area contributed by atoms with Gasteiger partial charge in [0.15, 0.2) is 0 Å². The maximum absolute atomic E-state index is 6.93. The van der Waals surface area contributed by atoms with Crippen molar-refractivity contribution in [1.29, 1.82) is 0 Å². The number of furan rings is 1. The SMILES string of the molecule is CC(C)(C)c1ccnc(-n2c3ccccc3c3ccc(-c4c(-c5cccc(-n6[c-][n+](-c7c(-c8ccccc8)cccc7-c7ccccc7)c7ccccc76)c5)ccc5c4oc4ccccc45)cc32)c1. The second-order valence-corrected chi connectivity index (χ2v) is 18.9. The minimum Gasteiger partial charge on any atom is -0.455 e. The Labute approximate surface area is 400 Å². The maximum atomic E-state index is 6.93. The van der Waals surface area contributed by atoms with Gasteiger partial charge in [-0.2, -0.15) is 0 Å². The highest BCUT2D eigenvalue weighted by Crippen LogP contribution is 2.45. The van der Waals surface area contributed by atoms with E-state index in [1.807, 2.05) is 12.3 Å². The van der Waals surface area contributed by atoms with Gasteiger partial charge in [0.25, 0.3) is 6.33 Å². The lowest BCUT2D eigenvalue weighted by molar-refractivity contribution is -0.571. The van der Waals surface area contributed by atoms with Crippen LogP contribution in [0.4, 0.5) is 0 Å². The first-order valence-electron chi connectivity index (χ1n) is 23.6. The molecular weight excluding hydrogens is 841 g/mol. The fourth-order valence-corrected chi connectivity index (χ4v) is 10.4. The van der Waals surface area contributed by atoms with Gasteiger partial charge in [0.1, 0.15) is 17.0 Å². The van der Waals surface area contributed by atoms with Crippen LogP contribution >= 0.6 is 0 Å². The van der Waals surface area contributed by atoms with Crippen LogP contribution in [-0.4, -0.2) is 14.1 Å². The standard InChI is InChI=1S/C64H46N4O/c1-64(2,3)46-36-37-65-60(40-46)68-55-28-12-10-24-51(55)52-33-32-45(39-58(52)68)61-48(34-35-54-53-25-11-15-31-59(53)69-63(54)61)44-22-16-23-47(38-44)66-41-67(57-30-14-13-29-56(57)66)62-49(42-18-6-4-7-19-42)26-17-27-50(62)43-20-8-5-9-21-43/h4-40H,1-3H3. The Balaban J connectivity index is 1.03. The van der Waals surface area contributed by atoms with Crippen molar-refractivity contribution in [3.63, 3.8) is 0 Å². The molecule has 13 aromatic rings. The Bertz CT molecular complexity index is 4050. The summed E-state index contributed by atoms with van der Waals surface area (Å²) in [6, 6.07) is 78.1. The molecule has 5 nitrogen and oxygen atoms in total. The number of imidazole rings is 1. The van der Waals surface area contributed by atoms with Gasteiger partial charge in [-0.25, -0.2) is 4.98 Å². The van der Waals surface area contributed by atoms with E-state index in [1.165, 1.54) is 16.3 Å². The van der Waals surface area contributed by atoms with Crippen molar-refractivity contribution in [3.05, 3.63) is 236 Å². The van der Waals surface area contributed by atoms with E-state index in [2.05, 4.69) is 253 Å². The molecule has 0 saturated heterocycles. The summed E-state index contributed by atoms with van der Waals surface area (Å²) in [4.78, 5) is 5.00. The van der Waals surface area contributed by atoms with Gasteiger partial charge in [-0.3, -0.25) is 13.7 Å². The molecule has 0 radical (unpaired) electrons. The van der Waals surface area contributed by atoms with E-state index in [0.717, 1.165) is 106 Å². The molecule has 0 saturated carbocycles. The molecule has 5 heteroatoms. The molecule has 9 aromatic carbocycles. The summed E-state index contributed by atoms with van der Waals surface area (Å²) in [5.74, 6) is 0.898. The number of para-hydroxylation sites is 5. The van der Waals surface area contributed by atoms with Gasteiger partial charge in [-0.1, -0.05) is 191 Å². The molecule has 0 aliphatic heterocycles. The molecule has 0 bridgehead atoms. The molecule has 0 spiro atoms. The average Bonchev–Trinajstić information content (AvgIpc) is 4.08. The van der Waals surface area contributed by atoms with Crippen LogP contribution in [0.2, 0.25) is 0 Å². The van der Waals surface area contributed by atoms with Gasteiger partial charge in [0.2, 0.25) is 0 Å². The van der Waals surface area contributed by atoms with Gasteiger partial charge in [0, 0.05) is 33.3 Å². The van der Waals surface area contributed by atoms with Crippen LogP contribution in [0.25, 0.3) is 116 Å². The molecular formula is C64H46N4O. The fourth-order valence-electron chi connectivity index (χ4n) is 10.4. The second kappa shape index (κ2) is 15.9. The molecule has 4 aromatic heterocycles. The highest BCUT2D eigenvalue weighted by molar-refractivity contribution is 6.15. The van der Waals surface area contributed by atoms with Crippen LogP contribution in [0.5, 0.6) is 0 Å². The summed E-state index contributed by atoms with van der Waals surface area (Å²) in [5.41, 5.74) is 18.1. The fraction of sp³-hybridized carbons (Fsp3) is 0.0625. The number of nitrogens with zero attached hydrogens (tertiary/aromatic N) is 4. The minimum absolute atomic E-state index is 0.0370. The molecule has 4 heterocycles. The van der Waals surface area contributed by atoms with Gasteiger partial charge in [0.05, 0.1) is 33.4 Å². The lowest BCUT2D eigenvalue weighted by atomic mass is 9.88. The molecule has 0 atom stereocenters. The van der Waals surface area contributed by atoms with E-state index in [4.69, 9.17) is 9.40 Å². The zero-order valence-electron chi connectivity index (χ0n) is 38.6. The predicted octanol–water partition coefficient (Wildman–Crippen LogP) is 16.1. The number of hydrogen-bond donors (Lipinski definition) is 0. The molecule has 0 aliphatic rings. The third kappa shape index (κ3) is 6.69.